The van der Waals surface area contributed by atoms with Gasteiger partial charge in [0.05, 0.1) is 13.2 Å². The fourth-order valence-electron chi connectivity index (χ4n) is 2.04. The van der Waals surface area contributed by atoms with Gasteiger partial charge in [0, 0.05) is 25.1 Å². The normalized spacial score (nSPS) is 10.9. The van der Waals surface area contributed by atoms with E-state index in [1.165, 1.54) is 6.20 Å². The molecule has 0 fully saturated rings. The Bertz CT molecular complexity index is 714. The van der Waals surface area contributed by atoms with Crippen LogP contribution in [0.1, 0.15) is 18.1 Å². The average Bonchev–Trinajstić information content (AvgIpc) is 3.05. The van der Waals surface area contributed by atoms with Gasteiger partial charge in [-0.05, 0) is 24.1 Å². The Kier molecular flexibility index (Phi) is 5.95. The number of nitriles is 1. The largest absolute Gasteiger partial charge is 0.462 e. The summed E-state index contributed by atoms with van der Waals surface area (Å²) in [5.41, 5.74) is 2.13. The highest BCUT2D eigenvalue weighted by molar-refractivity contribution is 5.92. The second-order valence-corrected chi connectivity index (χ2v) is 4.79. The first kappa shape index (κ1) is 16.3. The molecular formula is C17H18N4O2. The molecule has 1 heterocycles. The molecule has 0 saturated heterocycles. The highest BCUT2D eigenvalue weighted by atomic mass is 16.5. The predicted octanol–water partition coefficient (Wildman–Crippen LogP) is 1.99. The first-order valence-corrected chi connectivity index (χ1v) is 7.29. The minimum absolute atomic E-state index is 0.0421. The van der Waals surface area contributed by atoms with Crippen molar-refractivity contribution in [3.8, 4) is 6.07 Å². The van der Waals surface area contributed by atoms with Crippen LogP contribution in [0.25, 0.3) is 0 Å². The van der Waals surface area contributed by atoms with Gasteiger partial charge in [0.15, 0.2) is 5.57 Å². The number of nitrogens with one attached hydrogen (secondary N) is 1. The van der Waals surface area contributed by atoms with Gasteiger partial charge in [0.2, 0.25) is 0 Å². The molecule has 0 saturated carbocycles. The van der Waals surface area contributed by atoms with E-state index in [0.29, 0.717) is 13.1 Å². The van der Waals surface area contributed by atoms with Crippen molar-refractivity contribution in [1.29, 1.82) is 5.26 Å². The lowest BCUT2D eigenvalue weighted by atomic mass is 10.1. The second kappa shape index (κ2) is 8.39. The van der Waals surface area contributed by atoms with Gasteiger partial charge in [-0.25, -0.2) is 4.79 Å². The molecule has 0 amide bonds. The molecule has 2 aromatic rings. The molecule has 2 rings (SSSR count). The summed E-state index contributed by atoms with van der Waals surface area (Å²) in [6, 6.07) is 11.7. The van der Waals surface area contributed by atoms with Crippen molar-refractivity contribution in [2.45, 2.75) is 20.0 Å². The number of aromatic nitrogens is 2. The molecule has 0 aliphatic carbocycles. The summed E-state index contributed by atoms with van der Waals surface area (Å²) in [5.74, 6) is -0.616. The van der Waals surface area contributed by atoms with Crippen molar-refractivity contribution in [3.05, 3.63) is 65.6 Å². The molecule has 6 nitrogen and oxygen atoms in total. The van der Waals surface area contributed by atoms with E-state index in [1.54, 1.807) is 13.1 Å². The van der Waals surface area contributed by atoms with E-state index in [9.17, 15) is 4.79 Å². The molecule has 6 heteroatoms. The monoisotopic (exact) mass is 310 g/mol. The average molecular weight is 310 g/mol. The number of hydrogen-bond acceptors (Lipinski definition) is 5. The van der Waals surface area contributed by atoms with E-state index < -0.39 is 5.97 Å². The third-order valence-electron chi connectivity index (χ3n) is 3.06. The molecule has 0 bridgehead atoms. The fraction of sp³-hybridized carbons (Fsp3) is 0.235. The smallest absolute Gasteiger partial charge is 0.350 e. The van der Waals surface area contributed by atoms with Crippen LogP contribution in [0.2, 0.25) is 0 Å². The van der Waals surface area contributed by atoms with Crippen molar-refractivity contribution in [3.63, 3.8) is 0 Å². The third kappa shape index (κ3) is 5.00. The van der Waals surface area contributed by atoms with Crippen LogP contribution < -0.4 is 5.32 Å². The molecule has 0 radical (unpaired) electrons. The maximum Gasteiger partial charge on any atom is 0.350 e. The molecule has 118 valence electrons. The lowest BCUT2D eigenvalue weighted by Crippen LogP contribution is -2.12. The van der Waals surface area contributed by atoms with Crippen molar-refractivity contribution >= 4 is 5.97 Å². The van der Waals surface area contributed by atoms with Crippen LogP contribution in [-0.4, -0.2) is 22.4 Å². The maximum absolute atomic E-state index is 11.5. The van der Waals surface area contributed by atoms with Gasteiger partial charge in [0.25, 0.3) is 0 Å². The fourth-order valence-corrected chi connectivity index (χ4v) is 2.04. The number of hydrogen-bond donors (Lipinski definition) is 1. The standard InChI is InChI=1S/C17H18N4O2/c1-2-23-17(22)16(10-18)12-19-11-14-5-3-6-15(9-14)13-21-8-4-7-20-21/h3-9,12,19H,2,11,13H2,1H3/b16-12+. The third-order valence-corrected chi connectivity index (χ3v) is 3.06. The zero-order valence-corrected chi connectivity index (χ0v) is 12.9. The van der Waals surface area contributed by atoms with Crippen LogP contribution >= 0.6 is 0 Å². The molecule has 0 aliphatic rings. The van der Waals surface area contributed by atoms with E-state index in [1.807, 2.05) is 41.2 Å². The second-order valence-electron chi connectivity index (χ2n) is 4.79. The Morgan fingerprint density at radius 2 is 2.26 bits per heavy atom. The molecule has 1 aromatic heterocycles. The summed E-state index contributed by atoms with van der Waals surface area (Å²) < 4.78 is 6.64. The summed E-state index contributed by atoms with van der Waals surface area (Å²) >= 11 is 0. The minimum atomic E-state index is -0.616. The molecule has 0 atom stereocenters. The van der Waals surface area contributed by atoms with E-state index in [-0.39, 0.29) is 12.2 Å². The van der Waals surface area contributed by atoms with Gasteiger partial charge in [-0.3, -0.25) is 4.68 Å². The quantitative estimate of drug-likeness (QED) is 0.480. The first-order valence-electron chi connectivity index (χ1n) is 7.29. The maximum atomic E-state index is 11.5. The van der Waals surface area contributed by atoms with E-state index in [4.69, 9.17) is 10.00 Å². The zero-order chi connectivity index (χ0) is 16.5. The van der Waals surface area contributed by atoms with Crippen LogP contribution in [0.15, 0.2) is 54.5 Å². The molecule has 0 unspecified atom stereocenters. The van der Waals surface area contributed by atoms with Crippen LogP contribution in [0.3, 0.4) is 0 Å². The van der Waals surface area contributed by atoms with Crippen molar-refractivity contribution < 1.29 is 9.53 Å². The Balaban J connectivity index is 1.95. The number of carbonyl (C=O) groups excluding carboxylic acids is 1. The van der Waals surface area contributed by atoms with Crippen LogP contribution in [0, 0.1) is 11.3 Å². The highest BCUT2D eigenvalue weighted by Gasteiger charge is 2.08. The number of ether oxygens (including phenoxy) is 1. The molecular weight excluding hydrogens is 292 g/mol. The Hall–Kier alpha value is -3.07. The Labute approximate surface area is 135 Å². The number of carbonyl (C=O) groups is 1. The van der Waals surface area contributed by atoms with Crippen molar-refractivity contribution in [2.75, 3.05) is 6.61 Å². The summed E-state index contributed by atoms with van der Waals surface area (Å²) in [7, 11) is 0. The molecule has 0 spiro atoms. The summed E-state index contributed by atoms with van der Waals surface area (Å²) in [5, 5.41) is 16.1. The summed E-state index contributed by atoms with van der Waals surface area (Å²) in [6.45, 7) is 3.15. The van der Waals surface area contributed by atoms with Gasteiger partial charge in [0.1, 0.15) is 6.07 Å². The van der Waals surface area contributed by atoms with E-state index in [0.717, 1.165) is 11.1 Å². The van der Waals surface area contributed by atoms with E-state index >= 15 is 0 Å². The zero-order valence-electron chi connectivity index (χ0n) is 12.9. The summed E-state index contributed by atoms with van der Waals surface area (Å²) in [6.07, 6.45) is 5.04. The van der Waals surface area contributed by atoms with Gasteiger partial charge in [-0.15, -0.1) is 0 Å². The van der Waals surface area contributed by atoms with Crippen molar-refractivity contribution in [2.24, 2.45) is 0 Å². The first-order chi connectivity index (χ1) is 11.2. The molecule has 23 heavy (non-hydrogen) atoms. The number of esters is 1. The summed E-state index contributed by atoms with van der Waals surface area (Å²) in [4.78, 5) is 11.5. The van der Waals surface area contributed by atoms with Gasteiger partial charge in [-0.1, -0.05) is 24.3 Å². The molecule has 1 aromatic carbocycles. The minimum Gasteiger partial charge on any atom is -0.462 e. The molecule has 1 N–H and O–H groups in total. The highest BCUT2D eigenvalue weighted by Crippen LogP contribution is 2.07. The predicted molar refractivity (Wildman–Crippen MR) is 84.9 cm³/mol. The van der Waals surface area contributed by atoms with E-state index in [2.05, 4.69) is 16.5 Å². The van der Waals surface area contributed by atoms with Crippen LogP contribution in [0.5, 0.6) is 0 Å². The lowest BCUT2D eigenvalue weighted by Gasteiger charge is -2.06. The van der Waals surface area contributed by atoms with Crippen LogP contribution in [-0.2, 0) is 22.6 Å². The number of benzene rings is 1. The van der Waals surface area contributed by atoms with Crippen LogP contribution in [0.4, 0.5) is 0 Å². The molecule has 0 aliphatic heterocycles. The van der Waals surface area contributed by atoms with Gasteiger partial charge in [-0.2, -0.15) is 10.4 Å². The number of nitrogens with zero attached hydrogens (tertiary/aromatic N) is 3. The number of rotatable bonds is 7. The topological polar surface area (TPSA) is 79.9 Å². The van der Waals surface area contributed by atoms with Gasteiger partial charge < -0.3 is 10.1 Å². The SMILES string of the molecule is CCOC(=O)/C(C#N)=C/NCc1cccc(Cn2cccn2)c1. The Morgan fingerprint density at radius 1 is 1.43 bits per heavy atom. The van der Waals surface area contributed by atoms with Crippen molar-refractivity contribution in [1.82, 2.24) is 15.1 Å². The van der Waals surface area contributed by atoms with Gasteiger partial charge >= 0.3 is 5.97 Å². The Morgan fingerprint density at radius 3 is 2.96 bits per heavy atom. The lowest BCUT2D eigenvalue weighted by molar-refractivity contribution is -0.138.